The molecule has 7 heteroatoms. The number of nitrogens with one attached hydrogen (secondary N) is 2. The van der Waals surface area contributed by atoms with Crippen LogP contribution in [0.4, 0.5) is 14.5 Å². The van der Waals surface area contributed by atoms with Crippen LogP contribution in [0.15, 0.2) is 18.2 Å². The lowest BCUT2D eigenvalue weighted by Gasteiger charge is -2.59. The molecule has 0 aromatic heterocycles. The number of carbonyl (C=O) groups is 2. The Kier molecular flexibility index (Phi) is 6.33. The van der Waals surface area contributed by atoms with Gasteiger partial charge in [-0.2, -0.15) is 0 Å². The number of amides is 2. The zero-order valence-electron chi connectivity index (χ0n) is 18.4. The van der Waals surface area contributed by atoms with Crippen LogP contribution in [-0.2, 0) is 9.59 Å². The van der Waals surface area contributed by atoms with E-state index in [0.717, 1.165) is 29.9 Å². The third kappa shape index (κ3) is 4.76. The summed E-state index contributed by atoms with van der Waals surface area (Å²) in [6, 6.07) is 3.55. The third-order valence-corrected chi connectivity index (χ3v) is 7.79. The first-order chi connectivity index (χ1) is 14.8. The molecule has 0 aliphatic heterocycles. The second kappa shape index (κ2) is 8.85. The molecule has 4 saturated carbocycles. The molecule has 1 atom stereocenters. The zero-order valence-corrected chi connectivity index (χ0v) is 18.4. The molecule has 170 valence electrons. The van der Waals surface area contributed by atoms with Gasteiger partial charge in [-0.15, -0.1) is 0 Å². The summed E-state index contributed by atoms with van der Waals surface area (Å²) in [6.07, 6.45) is 7.74. The molecule has 1 aromatic carbocycles. The molecule has 5 rings (SSSR count). The molecule has 4 fully saturated rings. The van der Waals surface area contributed by atoms with Gasteiger partial charge in [0, 0.05) is 6.04 Å². The fourth-order valence-electron chi connectivity index (χ4n) is 6.63. The molecule has 0 saturated heterocycles. The summed E-state index contributed by atoms with van der Waals surface area (Å²) in [4.78, 5) is 26.7. The van der Waals surface area contributed by atoms with Gasteiger partial charge in [0.15, 0.2) is 0 Å². The molecule has 0 heterocycles. The van der Waals surface area contributed by atoms with Crippen molar-refractivity contribution in [2.24, 2.45) is 23.2 Å². The van der Waals surface area contributed by atoms with E-state index in [1.54, 1.807) is 4.90 Å². The van der Waals surface area contributed by atoms with Gasteiger partial charge >= 0.3 is 0 Å². The minimum atomic E-state index is -0.821. The molecular weight excluding hydrogens is 400 g/mol. The molecule has 0 radical (unpaired) electrons. The van der Waals surface area contributed by atoms with E-state index >= 15 is 0 Å². The van der Waals surface area contributed by atoms with Crippen molar-refractivity contribution in [1.29, 1.82) is 0 Å². The number of anilines is 1. The Hall–Kier alpha value is -2.02. The Labute approximate surface area is 182 Å². The lowest BCUT2D eigenvalue weighted by atomic mass is 9.48. The summed E-state index contributed by atoms with van der Waals surface area (Å²) < 4.78 is 27.5. The van der Waals surface area contributed by atoms with Crippen LogP contribution in [0.25, 0.3) is 0 Å². The smallest absolute Gasteiger partial charge is 0.238 e. The average Bonchev–Trinajstić information content (AvgIpc) is 2.69. The highest BCUT2D eigenvalue weighted by Gasteiger charge is 2.53. The predicted molar refractivity (Wildman–Crippen MR) is 115 cm³/mol. The predicted octanol–water partition coefficient (Wildman–Crippen LogP) is 3.95. The van der Waals surface area contributed by atoms with Crippen molar-refractivity contribution in [2.75, 3.05) is 25.0 Å². The number of carbonyl (C=O) groups excluding carboxylic acids is 2. The molecule has 2 amide bonds. The topological polar surface area (TPSA) is 61.4 Å². The summed E-state index contributed by atoms with van der Waals surface area (Å²) >= 11 is 0. The van der Waals surface area contributed by atoms with E-state index in [2.05, 4.69) is 17.6 Å². The van der Waals surface area contributed by atoms with Gasteiger partial charge in [-0.1, -0.05) is 13.0 Å². The van der Waals surface area contributed by atoms with Gasteiger partial charge in [-0.05, 0) is 87.3 Å². The van der Waals surface area contributed by atoms with Gasteiger partial charge in [0.05, 0.1) is 13.1 Å². The molecule has 5 nitrogen and oxygen atoms in total. The van der Waals surface area contributed by atoms with Crippen LogP contribution in [0.1, 0.15) is 52.4 Å². The van der Waals surface area contributed by atoms with Crippen LogP contribution >= 0.6 is 0 Å². The monoisotopic (exact) mass is 433 g/mol. The van der Waals surface area contributed by atoms with Gasteiger partial charge in [0.2, 0.25) is 11.8 Å². The summed E-state index contributed by atoms with van der Waals surface area (Å²) in [5.41, 5.74) is -0.232. The Balaban J connectivity index is 1.30. The highest BCUT2D eigenvalue weighted by molar-refractivity contribution is 5.92. The van der Waals surface area contributed by atoms with Gasteiger partial charge < -0.3 is 10.6 Å². The molecule has 1 aromatic rings. The van der Waals surface area contributed by atoms with Crippen LogP contribution in [-0.4, -0.2) is 42.4 Å². The van der Waals surface area contributed by atoms with Crippen LogP contribution < -0.4 is 10.6 Å². The Morgan fingerprint density at radius 3 is 2.06 bits per heavy atom. The van der Waals surface area contributed by atoms with E-state index in [4.69, 9.17) is 0 Å². The number of halogens is 2. The Bertz CT molecular complexity index is 789. The number of benzene rings is 1. The maximum atomic E-state index is 13.8. The minimum absolute atomic E-state index is 0.0837. The van der Waals surface area contributed by atoms with Gasteiger partial charge in [0.1, 0.15) is 17.3 Å². The van der Waals surface area contributed by atoms with Crippen LogP contribution in [0.2, 0.25) is 0 Å². The van der Waals surface area contributed by atoms with Crippen LogP contribution in [0, 0.1) is 34.8 Å². The molecule has 4 aliphatic rings. The summed E-state index contributed by atoms with van der Waals surface area (Å²) in [6.45, 7) is 4.44. The summed E-state index contributed by atoms with van der Waals surface area (Å²) in [5, 5.41) is 5.49. The lowest BCUT2D eigenvalue weighted by Crippen LogP contribution is -2.56. The fraction of sp³-hybridized carbons (Fsp3) is 0.667. The number of hydrogen-bond donors (Lipinski definition) is 2. The first-order valence-corrected chi connectivity index (χ1v) is 11.5. The fourth-order valence-corrected chi connectivity index (χ4v) is 6.63. The van der Waals surface area contributed by atoms with E-state index in [9.17, 15) is 18.4 Å². The van der Waals surface area contributed by atoms with E-state index < -0.39 is 23.2 Å². The van der Waals surface area contributed by atoms with Gasteiger partial charge in [0.25, 0.3) is 0 Å². The minimum Gasteiger partial charge on any atom is -0.352 e. The largest absolute Gasteiger partial charge is 0.352 e. The first kappa shape index (κ1) is 22.2. The van der Waals surface area contributed by atoms with Crippen LogP contribution in [0.3, 0.4) is 0 Å². The van der Waals surface area contributed by atoms with Crippen molar-refractivity contribution < 1.29 is 18.4 Å². The standard InChI is InChI=1S/C24H33F2N3O2/c1-3-29(14-22(31)28-23-19(25)5-4-6-20(23)26)13-21(30)27-15(2)24-10-16-7-17(11-24)9-18(8-16)12-24/h4-6,15-18H,3,7-14H2,1-2H3,(H,27,30)(H,28,31)/t15-,16?,17?,18?,24?/m1/s1. The van der Waals surface area contributed by atoms with Gasteiger partial charge in [-0.3, -0.25) is 14.5 Å². The molecular formula is C24H33F2N3O2. The molecule has 4 aliphatic carbocycles. The quantitative estimate of drug-likeness (QED) is 0.653. The summed E-state index contributed by atoms with van der Waals surface area (Å²) in [5.74, 6) is 0.167. The van der Waals surface area contributed by atoms with E-state index in [-0.39, 0.29) is 30.5 Å². The SMILES string of the molecule is CCN(CC(=O)Nc1c(F)cccc1F)CC(=O)N[C@H](C)C12CC3CC(CC(C3)C1)C2. The normalized spacial score (nSPS) is 29.8. The van der Waals surface area contributed by atoms with Crippen molar-refractivity contribution in [2.45, 2.75) is 58.4 Å². The Morgan fingerprint density at radius 1 is 1.03 bits per heavy atom. The van der Waals surface area contributed by atoms with Crippen LogP contribution in [0.5, 0.6) is 0 Å². The molecule has 2 N–H and O–H groups in total. The van der Waals surface area contributed by atoms with Crippen molar-refractivity contribution in [3.8, 4) is 0 Å². The van der Waals surface area contributed by atoms with Crippen molar-refractivity contribution in [3.05, 3.63) is 29.8 Å². The number of likely N-dealkylation sites (N-methyl/N-ethyl adjacent to an activating group) is 1. The third-order valence-electron chi connectivity index (χ3n) is 7.79. The highest BCUT2D eigenvalue weighted by atomic mass is 19.1. The van der Waals surface area contributed by atoms with E-state index in [1.807, 2.05) is 6.92 Å². The number of para-hydroxylation sites is 1. The van der Waals surface area contributed by atoms with E-state index in [0.29, 0.717) is 6.54 Å². The number of nitrogens with zero attached hydrogens (tertiary/aromatic N) is 1. The molecule has 0 unspecified atom stereocenters. The lowest BCUT2D eigenvalue weighted by molar-refractivity contribution is -0.127. The zero-order chi connectivity index (χ0) is 22.2. The molecule has 31 heavy (non-hydrogen) atoms. The maximum absolute atomic E-state index is 13.8. The number of rotatable bonds is 8. The second-order valence-electron chi connectivity index (χ2n) is 10.0. The average molecular weight is 434 g/mol. The van der Waals surface area contributed by atoms with Crippen molar-refractivity contribution >= 4 is 17.5 Å². The van der Waals surface area contributed by atoms with Gasteiger partial charge in [-0.25, -0.2) is 8.78 Å². The second-order valence-corrected chi connectivity index (χ2v) is 10.0. The van der Waals surface area contributed by atoms with Crippen molar-refractivity contribution in [1.82, 2.24) is 10.2 Å². The number of hydrogen-bond acceptors (Lipinski definition) is 3. The summed E-state index contributed by atoms with van der Waals surface area (Å²) in [7, 11) is 0. The molecule has 0 spiro atoms. The maximum Gasteiger partial charge on any atom is 0.238 e. The van der Waals surface area contributed by atoms with Crippen molar-refractivity contribution in [3.63, 3.8) is 0 Å². The Morgan fingerprint density at radius 2 is 1.55 bits per heavy atom. The van der Waals surface area contributed by atoms with E-state index in [1.165, 1.54) is 44.6 Å². The first-order valence-electron chi connectivity index (χ1n) is 11.5. The molecule has 4 bridgehead atoms. The highest BCUT2D eigenvalue weighted by Crippen LogP contribution is 2.61.